The molecule has 26 heavy (non-hydrogen) atoms. The molecule has 0 bridgehead atoms. The highest BCUT2D eigenvalue weighted by Gasteiger charge is 2.12. The molecule has 2 aromatic rings. The maximum atomic E-state index is 12.8. The van der Waals surface area contributed by atoms with E-state index in [0.717, 1.165) is 6.26 Å². The van der Waals surface area contributed by atoms with Crippen LogP contribution in [0.1, 0.15) is 21.5 Å². The van der Waals surface area contributed by atoms with Crippen LogP contribution in [0.15, 0.2) is 48.5 Å². The number of carbonyl (C=O) groups excluding carboxylic acids is 2. The Balaban J connectivity index is 1.85. The molecule has 0 aliphatic rings. The van der Waals surface area contributed by atoms with Crippen molar-refractivity contribution in [3.8, 4) is 0 Å². The summed E-state index contributed by atoms with van der Waals surface area (Å²) in [7, 11) is -3.22. The Labute approximate surface area is 150 Å². The van der Waals surface area contributed by atoms with E-state index in [2.05, 4.69) is 5.32 Å². The highest BCUT2D eigenvalue weighted by atomic mass is 32.2. The van der Waals surface area contributed by atoms with Gasteiger partial charge in [-0.15, -0.1) is 0 Å². The molecule has 6 nitrogen and oxygen atoms in total. The van der Waals surface area contributed by atoms with Crippen LogP contribution in [-0.4, -0.2) is 33.2 Å². The zero-order valence-corrected chi connectivity index (χ0v) is 14.9. The SMILES string of the molecule is CS(=O)(=O)Cc1cccc(C(=O)OCC(=O)NCc2ccc(F)cc2)c1. The van der Waals surface area contributed by atoms with Crippen LogP contribution in [0.3, 0.4) is 0 Å². The van der Waals surface area contributed by atoms with Crippen LogP contribution in [-0.2, 0) is 31.7 Å². The molecule has 0 atom stereocenters. The van der Waals surface area contributed by atoms with Gasteiger partial charge in [-0.05, 0) is 35.4 Å². The van der Waals surface area contributed by atoms with Gasteiger partial charge in [0.1, 0.15) is 5.82 Å². The smallest absolute Gasteiger partial charge is 0.338 e. The van der Waals surface area contributed by atoms with Crippen LogP contribution >= 0.6 is 0 Å². The van der Waals surface area contributed by atoms with Gasteiger partial charge in [0.25, 0.3) is 5.91 Å². The summed E-state index contributed by atoms with van der Waals surface area (Å²) in [6.07, 6.45) is 1.10. The molecule has 0 aliphatic carbocycles. The van der Waals surface area contributed by atoms with Crippen molar-refractivity contribution in [3.05, 3.63) is 71.0 Å². The number of rotatable bonds is 7. The predicted molar refractivity (Wildman–Crippen MR) is 93.5 cm³/mol. The number of esters is 1. The number of ether oxygens (including phenoxy) is 1. The van der Waals surface area contributed by atoms with E-state index < -0.39 is 28.3 Å². The van der Waals surface area contributed by atoms with Crippen LogP contribution in [0.5, 0.6) is 0 Å². The fraction of sp³-hybridized carbons (Fsp3) is 0.222. The summed E-state index contributed by atoms with van der Waals surface area (Å²) in [6.45, 7) is -0.295. The molecule has 0 aromatic heterocycles. The summed E-state index contributed by atoms with van der Waals surface area (Å²) in [5.74, 6) is -1.79. The topological polar surface area (TPSA) is 89.5 Å². The first-order valence-electron chi connectivity index (χ1n) is 7.68. The number of amides is 1. The molecule has 0 saturated heterocycles. The zero-order chi connectivity index (χ0) is 19.2. The van der Waals surface area contributed by atoms with Gasteiger partial charge in [0.05, 0.1) is 11.3 Å². The number of sulfone groups is 1. The molecule has 1 N–H and O–H groups in total. The van der Waals surface area contributed by atoms with Gasteiger partial charge in [-0.25, -0.2) is 17.6 Å². The van der Waals surface area contributed by atoms with E-state index in [0.29, 0.717) is 11.1 Å². The van der Waals surface area contributed by atoms with Crippen LogP contribution in [0.2, 0.25) is 0 Å². The lowest BCUT2D eigenvalue weighted by Gasteiger charge is -2.08. The summed E-state index contributed by atoms with van der Waals surface area (Å²) in [5, 5.41) is 2.55. The Hall–Kier alpha value is -2.74. The van der Waals surface area contributed by atoms with Gasteiger partial charge < -0.3 is 10.1 Å². The van der Waals surface area contributed by atoms with Gasteiger partial charge in [0, 0.05) is 12.8 Å². The quantitative estimate of drug-likeness (QED) is 0.742. The normalized spacial score (nSPS) is 11.0. The predicted octanol–water partition coefficient (Wildman–Crippen LogP) is 1.84. The van der Waals surface area contributed by atoms with Crippen LogP contribution < -0.4 is 5.32 Å². The second-order valence-corrected chi connectivity index (χ2v) is 7.89. The number of halogens is 1. The monoisotopic (exact) mass is 379 g/mol. The van der Waals surface area contributed by atoms with Crippen molar-refractivity contribution in [2.45, 2.75) is 12.3 Å². The van der Waals surface area contributed by atoms with Crippen LogP contribution in [0.25, 0.3) is 0 Å². The van der Waals surface area contributed by atoms with E-state index >= 15 is 0 Å². The minimum absolute atomic E-state index is 0.164. The first kappa shape index (κ1) is 19.6. The minimum Gasteiger partial charge on any atom is -0.452 e. The average molecular weight is 379 g/mol. The van der Waals surface area contributed by atoms with E-state index in [1.807, 2.05) is 0 Å². The van der Waals surface area contributed by atoms with Gasteiger partial charge in [0.15, 0.2) is 16.4 Å². The molecule has 0 spiro atoms. The minimum atomic E-state index is -3.22. The molecule has 0 radical (unpaired) electrons. The number of benzene rings is 2. The fourth-order valence-corrected chi connectivity index (χ4v) is 2.94. The van der Waals surface area contributed by atoms with Crippen LogP contribution in [0, 0.1) is 5.82 Å². The van der Waals surface area contributed by atoms with Crippen molar-refractivity contribution in [3.63, 3.8) is 0 Å². The molecule has 0 aliphatic heterocycles. The van der Waals surface area contributed by atoms with E-state index in [1.165, 1.54) is 36.4 Å². The van der Waals surface area contributed by atoms with Gasteiger partial charge in [0.2, 0.25) is 0 Å². The Morgan fingerprint density at radius 1 is 1.08 bits per heavy atom. The Morgan fingerprint density at radius 2 is 1.77 bits per heavy atom. The highest BCUT2D eigenvalue weighted by molar-refractivity contribution is 7.89. The first-order valence-corrected chi connectivity index (χ1v) is 9.74. The summed E-state index contributed by atoms with van der Waals surface area (Å²) in [4.78, 5) is 23.7. The molecule has 138 valence electrons. The summed E-state index contributed by atoms with van der Waals surface area (Å²) in [5.41, 5.74) is 1.33. The lowest BCUT2D eigenvalue weighted by Crippen LogP contribution is -2.28. The molecular weight excluding hydrogens is 361 g/mol. The molecule has 0 fully saturated rings. The Kier molecular flexibility index (Phi) is 6.46. The summed E-state index contributed by atoms with van der Waals surface area (Å²) >= 11 is 0. The largest absolute Gasteiger partial charge is 0.452 e. The lowest BCUT2D eigenvalue weighted by atomic mass is 10.1. The number of nitrogens with one attached hydrogen (secondary N) is 1. The molecule has 0 saturated carbocycles. The van der Waals surface area contributed by atoms with Crippen molar-refractivity contribution >= 4 is 21.7 Å². The number of hydrogen-bond acceptors (Lipinski definition) is 5. The second kappa shape index (κ2) is 8.57. The van der Waals surface area contributed by atoms with E-state index in [9.17, 15) is 22.4 Å². The Bertz CT molecular complexity index is 894. The van der Waals surface area contributed by atoms with Gasteiger partial charge in [-0.2, -0.15) is 0 Å². The molecule has 2 rings (SSSR count). The van der Waals surface area contributed by atoms with Gasteiger partial charge in [-0.3, -0.25) is 4.79 Å². The molecule has 8 heteroatoms. The van der Waals surface area contributed by atoms with Crippen LogP contribution in [0.4, 0.5) is 4.39 Å². The second-order valence-electron chi connectivity index (χ2n) is 5.75. The van der Waals surface area contributed by atoms with Gasteiger partial charge in [-0.1, -0.05) is 24.3 Å². The molecule has 1 amide bonds. The number of carbonyl (C=O) groups is 2. The van der Waals surface area contributed by atoms with Crippen molar-refractivity contribution in [2.24, 2.45) is 0 Å². The maximum Gasteiger partial charge on any atom is 0.338 e. The standard InChI is InChI=1S/C18H18FNO5S/c1-26(23,24)12-14-3-2-4-15(9-14)18(22)25-11-17(21)20-10-13-5-7-16(19)8-6-13/h2-9H,10-12H2,1H3,(H,20,21). The third kappa shape index (κ3) is 6.64. The third-order valence-corrected chi connectivity index (χ3v) is 4.19. The summed E-state index contributed by atoms with van der Waals surface area (Å²) in [6, 6.07) is 11.7. The lowest BCUT2D eigenvalue weighted by molar-refractivity contribution is -0.124. The average Bonchev–Trinajstić information content (AvgIpc) is 2.58. The summed E-state index contributed by atoms with van der Waals surface area (Å²) < 4.78 is 40.3. The van der Waals surface area contributed by atoms with Crippen molar-refractivity contribution in [1.82, 2.24) is 5.32 Å². The van der Waals surface area contributed by atoms with E-state index in [-0.39, 0.29) is 23.7 Å². The van der Waals surface area contributed by atoms with Crippen molar-refractivity contribution in [2.75, 3.05) is 12.9 Å². The van der Waals surface area contributed by atoms with Gasteiger partial charge >= 0.3 is 5.97 Å². The zero-order valence-electron chi connectivity index (χ0n) is 14.1. The maximum absolute atomic E-state index is 12.8. The Morgan fingerprint density at radius 3 is 2.42 bits per heavy atom. The third-order valence-electron chi connectivity index (χ3n) is 3.33. The van der Waals surface area contributed by atoms with E-state index in [4.69, 9.17) is 4.74 Å². The molecular formula is C18H18FNO5S. The van der Waals surface area contributed by atoms with Crippen molar-refractivity contribution in [1.29, 1.82) is 0 Å². The number of hydrogen-bond donors (Lipinski definition) is 1. The van der Waals surface area contributed by atoms with E-state index in [1.54, 1.807) is 12.1 Å². The highest BCUT2D eigenvalue weighted by Crippen LogP contribution is 2.10. The molecule has 2 aromatic carbocycles. The fourth-order valence-electron chi connectivity index (χ4n) is 2.16. The van der Waals surface area contributed by atoms with Crippen molar-refractivity contribution < 1.29 is 27.1 Å². The first-order chi connectivity index (χ1) is 12.2. The molecule has 0 unspecified atom stereocenters. The molecule has 0 heterocycles.